The maximum Gasteiger partial charge on any atom is 0.186 e. The molecule has 0 spiro atoms. The monoisotopic (exact) mass is 521 g/mol. The van der Waals surface area contributed by atoms with Crippen LogP contribution < -0.4 is 28.7 Å². The van der Waals surface area contributed by atoms with Crippen molar-refractivity contribution >= 4 is 17.6 Å². The average Bonchev–Trinajstić information content (AvgIpc) is 2.89. The van der Waals surface area contributed by atoms with Gasteiger partial charge in [-0.15, -0.1) is 0 Å². The minimum atomic E-state index is -0.718. The lowest BCUT2D eigenvalue weighted by Gasteiger charge is -2.01. The molecule has 1 unspecified atom stereocenters. The molecular weight excluding hydrogens is 474 g/mol. The second-order valence-electron chi connectivity index (χ2n) is 7.68. The van der Waals surface area contributed by atoms with Crippen LogP contribution in [0.15, 0.2) is 58.5 Å². The number of hydrogen-bond donors (Lipinski definition) is 7. The Labute approximate surface area is 221 Å². The van der Waals surface area contributed by atoms with Gasteiger partial charge in [-0.1, -0.05) is 50.2 Å². The van der Waals surface area contributed by atoms with E-state index in [1.54, 1.807) is 7.11 Å². The third-order valence-corrected chi connectivity index (χ3v) is 4.28. The minimum Gasteiger partial charge on any atom is -0.399 e. The van der Waals surface area contributed by atoms with Crippen LogP contribution in [-0.4, -0.2) is 62.3 Å². The number of nitrogens with zero attached hydrogens (tertiary/aromatic N) is 2. The summed E-state index contributed by atoms with van der Waals surface area (Å²) in [5, 5.41) is 16.6. The number of benzene rings is 2. The van der Waals surface area contributed by atoms with Gasteiger partial charge in [0.2, 0.25) is 0 Å². The van der Waals surface area contributed by atoms with Crippen molar-refractivity contribution in [3.05, 3.63) is 65.2 Å². The van der Waals surface area contributed by atoms with Crippen LogP contribution in [0.4, 0.5) is 5.69 Å². The van der Waals surface area contributed by atoms with Gasteiger partial charge in [-0.3, -0.25) is 0 Å². The van der Waals surface area contributed by atoms with Crippen LogP contribution in [0, 0.1) is 0 Å². The van der Waals surface area contributed by atoms with Gasteiger partial charge in [0, 0.05) is 26.5 Å². The molecule has 0 heterocycles. The number of aliphatic hydroxyl groups is 2. The second-order valence-corrected chi connectivity index (χ2v) is 7.68. The standard InChI is InChI=1S/C10H15N3.C8H12N4.C4H10O3.C4H10O/c1-2-8-3-5-9(6-4-8)7-13-10(11)12;9-7-3-1-6(2-4-7)5-12-8(10)11;1-7-3-4(6)2-5;1-3-4-5-2/h3-6H,2,7H2,1H3,(H4,11,12,13);1-4H,5,9H2,(H4,10,11,12);4-6H,2-3H2,1H3;3-4H2,1-2H3. The molecule has 0 amide bonds. The molecule has 0 bridgehead atoms. The maximum atomic E-state index is 8.48. The van der Waals surface area contributed by atoms with Crippen LogP contribution in [0.3, 0.4) is 0 Å². The maximum absolute atomic E-state index is 8.48. The normalized spacial score (nSPS) is 10.2. The van der Waals surface area contributed by atoms with E-state index in [-0.39, 0.29) is 25.1 Å². The highest BCUT2D eigenvalue weighted by Crippen LogP contribution is 2.06. The summed E-state index contributed by atoms with van der Waals surface area (Å²) in [7, 11) is 3.18. The smallest absolute Gasteiger partial charge is 0.186 e. The molecule has 0 aliphatic heterocycles. The van der Waals surface area contributed by atoms with E-state index in [0.717, 1.165) is 36.3 Å². The van der Waals surface area contributed by atoms with E-state index in [4.69, 9.17) is 43.6 Å². The summed E-state index contributed by atoms with van der Waals surface area (Å²) >= 11 is 0. The Morgan fingerprint density at radius 1 is 0.784 bits per heavy atom. The average molecular weight is 522 g/mol. The van der Waals surface area contributed by atoms with Gasteiger partial charge >= 0.3 is 0 Å². The minimum absolute atomic E-state index is 0.104. The Balaban J connectivity index is 0. The zero-order valence-corrected chi connectivity index (χ0v) is 22.6. The van der Waals surface area contributed by atoms with Crippen molar-refractivity contribution in [3.63, 3.8) is 0 Å². The number of hydrogen-bond acceptors (Lipinski definition) is 7. The van der Waals surface area contributed by atoms with Crippen LogP contribution in [0.5, 0.6) is 0 Å². The first-order chi connectivity index (χ1) is 17.6. The van der Waals surface area contributed by atoms with Crippen molar-refractivity contribution in [3.8, 4) is 0 Å². The molecule has 0 aliphatic carbocycles. The Morgan fingerprint density at radius 2 is 1.22 bits per heavy atom. The highest BCUT2D eigenvalue weighted by Gasteiger charge is 1.96. The molecular formula is C26H47N7O4. The summed E-state index contributed by atoms with van der Waals surface area (Å²) in [4.78, 5) is 7.78. The Kier molecular flexibility index (Phi) is 23.5. The molecule has 0 radical (unpaired) electrons. The Hall–Kier alpha value is -3.38. The first-order valence-corrected chi connectivity index (χ1v) is 11.9. The predicted octanol–water partition coefficient (Wildman–Crippen LogP) is 1.09. The number of ether oxygens (including phenoxy) is 2. The molecule has 12 N–H and O–H groups in total. The molecule has 210 valence electrons. The number of anilines is 1. The summed E-state index contributed by atoms with van der Waals surface area (Å²) in [6.45, 7) is 6.15. The molecule has 37 heavy (non-hydrogen) atoms. The third-order valence-electron chi connectivity index (χ3n) is 4.28. The van der Waals surface area contributed by atoms with Gasteiger partial charge in [0.05, 0.1) is 26.3 Å². The van der Waals surface area contributed by atoms with Crippen LogP contribution in [0.2, 0.25) is 0 Å². The number of rotatable bonds is 10. The zero-order chi connectivity index (χ0) is 28.5. The molecule has 0 fully saturated rings. The molecule has 0 saturated heterocycles. The van der Waals surface area contributed by atoms with E-state index < -0.39 is 6.10 Å². The zero-order valence-electron chi connectivity index (χ0n) is 22.6. The van der Waals surface area contributed by atoms with Gasteiger partial charge < -0.3 is 48.4 Å². The molecule has 0 aliphatic rings. The Bertz CT molecular complexity index is 835. The van der Waals surface area contributed by atoms with Gasteiger partial charge in [-0.2, -0.15) is 0 Å². The van der Waals surface area contributed by atoms with Crippen molar-refractivity contribution in [2.75, 3.05) is 39.8 Å². The fourth-order valence-corrected chi connectivity index (χ4v) is 2.32. The largest absolute Gasteiger partial charge is 0.399 e. The first-order valence-electron chi connectivity index (χ1n) is 11.9. The van der Waals surface area contributed by atoms with Crippen molar-refractivity contribution in [1.82, 2.24) is 0 Å². The highest BCUT2D eigenvalue weighted by molar-refractivity contribution is 5.76. The van der Waals surface area contributed by atoms with Gasteiger partial charge in [-0.05, 0) is 41.7 Å². The van der Waals surface area contributed by atoms with Crippen LogP contribution >= 0.6 is 0 Å². The van der Waals surface area contributed by atoms with E-state index in [1.165, 1.54) is 12.7 Å². The van der Waals surface area contributed by atoms with Gasteiger partial charge in [0.1, 0.15) is 6.10 Å². The predicted molar refractivity (Wildman–Crippen MR) is 153 cm³/mol. The van der Waals surface area contributed by atoms with E-state index in [1.807, 2.05) is 36.4 Å². The molecule has 11 heteroatoms. The van der Waals surface area contributed by atoms with E-state index in [2.05, 4.69) is 40.7 Å². The first kappa shape index (κ1) is 35.8. The lowest BCUT2D eigenvalue weighted by atomic mass is 10.1. The number of nitrogens with two attached hydrogens (primary N) is 5. The number of aliphatic imine (C=N–C) groups is 2. The summed E-state index contributed by atoms with van der Waals surface area (Å²) in [5.41, 5.74) is 30.5. The number of aliphatic hydroxyl groups excluding tert-OH is 2. The topological polar surface area (TPSA) is 214 Å². The number of aryl methyl sites for hydroxylation is 1. The van der Waals surface area contributed by atoms with Crippen LogP contribution in [-0.2, 0) is 29.0 Å². The molecule has 2 aromatic carbocycles. The van der Waals surface area contributed by atoms with Crippen molar-refractivity contribution < 1.29 is 19.7 Å². The van der Waals surface area contributed by atoms with Gasteiger partial charge in [0.25, 0.3) is 0 Å². The van der Waals surface area contributed by atoms with Crippen molar-refractivity contribution in [2.24, 2.45) is 32.9 Å². The molecule has 2 aromatic rings. The highest BCUT2D eigenvalue weighted by atomic mass is 16.5. The summed E-state index contributed by atoms with van der Waals surface area (Å²) in [6.07, 6.45) is 1.46. The van der Waals surface area contributed by atoms with Gasteiger partial charge in [-0.25, -0.2) is 9.98 Å². The van der Waals surface area contributed by atoms with Crippen LogP contribution in [0.25, 0.3) is 0 Å². The van der Waals surface area contributed by atoms with Crippen molar-refractivity contribution in [2.45, 2.75) is 45.9 Å². The summed E-state index contributed by atoms with van der Waals surface area (Å²) in [5.74, 6) is 0.242. The fourth-order valence-electron chi connectivity index (χ4n) is 2.32. The Morgan fingerprint density at radius 3 is 1.49 bits per heavy atom. The van der Waals surface area contributed by atoms with Crippen LogP contribution in [0.1, 0.15) is 37.0 Å². The number of nitrogen functional groups attached to an aromatic ring is 1. The fraction of sp³-hybridized carbons (Fsp3) is 0.462. The third kappa shape index (κ3) is 24.1. The van der Waals surface area contributed by atoms with Crippen molar-refractivity contribution in [1.29, 1.82) is 0 Å². The van der Waals surface area contributed by atoms with E-state index >= 15 is 0 Å². The number of guanidine groups is 2. The summed E-state index contributed by atoms with van der Waals surface area (Å²) < 4.78 is 9.18. The molecule has 2 rings (SSSR count). The second kappa shape index (κ2) is 24.3. The van der Waals surface area contributed by atoms with E-state index in [0.29, 0.717) is 13.1 Å². The SMILES string of the molecule is CCCOC.CCc1ccc(CN=C(N)N)cc1.COCC(O)CO.NC(N)=NCc1ccc(N)cc1. The summed E-state index contributed by atoms with van der Waals surface area (Å²) in [6, 6.07) is 15.7. The molecule has 0 aromatic heterocycles. The molecule has 11 nitrogen and oxygen atoms in total. The molecule has 0 saturated carbocycles. The lowest BCUT2D eigenvalue weighted by Crippen LogP contribution is -2.22. The van der Waals surface area contributed by atoms with E-state index in [9.17, 15) is 0 Å². The number of methoxy groups -OCH3 is 2. The molecule has 1 atom stereocenters. The lowest BCUT2D eigenvalue weighted by molar-refractivity contribution is 0.0254. The van der Waals surface area contributed by atoms with Gasteiger partial charge in [0.15, 0.2) is 11.9 Å². The quantitative estimate of drug-likeness (QED) is 0.135.